The van der Waals surface area contributed by atoms with Crippen molar-refractivity contribution in [2.24, 2.45) is 13.0 Å². The van der Waals surface area contributed by atoms with Crippen molar-refractivity contribution in [2.45, 2.75) is 32.1 Å². The van der Waals surface area contributed by atoms with Gasteiger partial charge >= 0.3 is 12.1 Å². The van der Waals surface area contributed by atoms with Crippen LogP contribution < -0.4 is 4.74 Å². The molecular formula is C22H18ClF5N4O2. The maximum atomic E-state index is 14.0. The molecule has 180 valence electrons. The van der Waals surface area contributed by atoms with Crippen LogP contribution in [0.1, 0.15) is 42.2 Å². The molecule has 0 bridgehead atoms. The van der Waals surface area contributed by atoms with E-state index in [1.54, 1.807) is 18.2 Å². The smallest absolute Gasteiger partial charge is 0.344 e. The first-order valence-electron chi connectivity index (χ1n) is 10.2. The molecule has 4 rings (SSSR count). The molecular weight excluding hydrogens is 483 g/mol. The number of hydrogen-bond donors (Lipinski definition) is 0. The minimum Gasteiger partial charge on any atom is -0.421 e. The highest BCUT2D eigenvalue weighted by Crippen LogP contribution is 2.40. The Morgan fingerprint density at radius 3 is 2.56 bits per heavy atom. The molecule has 0 atom stereocenters. The molecule has 1 aromatic carbocycles. The first-order valence-corrected chi connectivity index (χ1v) is 10.6. The number of carbonyl (C=O) groups is 1. The number of benzene rings is 1. The number of ether oxygens (including phenoxy) is 1. The highest BCUT2D eigenvalue weighted by Gasteiger charge is 2.37. The van der Waals surface area contributed by atoms with Gasteiger partial charge in [-0.1, -0.05) is 17.7 Å². The van der Waals surface area contributed by atoms with Crippen LogP contribution in [0.15, 0.2) is 42.7 Å². The lowest BCUT2D eigenvalue weighted by Gasteiger charge is -2.10. The summed E-state index contributed by atoms with van der Waals surface area (Å²) in [6.07, 6.45) is 2.34. The van der Waals surface area contributed by atoms with Crippen LogP contribution in [0.2, 0.25) is 5.02 Å². The highest BCUT2D eigenvalue weighted by molar-refractivity contribution is 6.34. The lowest BCUT2D eigenvalue weighted by molar-refractivity contribution is 0.00942. The number of ketones is 1. The number of hydrogen-bond acceptors (Lipinski definition) is 4. The van der Waals surface area contributed by atoms with E-state index in [1.165, 1.54) is 19.4 Å². The summed E-state index contributed by atoms with van der Waals surface area (Å²) in [6, 6.07) is 2.47. The fourth-order valence-corrected chi connectivity index (χ4v) is 3.68. The van der Waals surface area contributed by atoms with Crippen LogP contribution in [0.5, 0.6) is 5.75 Å². The molecule has 0 amide bonds. The van der Waals surface area contributed by atoms with E-state index < -0.39 is 29.5 Å². The van der Waals surface area contributed by atoms with Crippen molar-refractivity contribution in [3.05, 3.63) is 59.0 Å². The fraction of sp³-hybridized carbons (Fsp3) is 0.318. The molecule has 0 aliphatic heterocycles. The zero-order chi connectivity index (χ0) is 24.8. The zero-order valence-electron chi connectivity index (χ0n) is 18.0. The molecule has 0 saturated heterocycles. The molecule has 1 fully saturated rings. The molecule has 0 unspecified atom stereocenters. The number of alkyl halides is 2. The van der Waals surface area contributed by atoms with Gasteiger partial charge in [0.15, 0.2) is 17.3 Å². The monoisotopic (exact) mass is 500 g/mol. The summed E-state index contributed by atoms with van der Waals surface area (Å²) in [4.78, 5) is 12.6. The summed E-state index contributed by atoms with van der Waals surface area (Å²) in [5.41, 5.74) is 0.322. The standard InChI is InChI=1S/C22H18ClF5N4O2/c1-22(27,28)18-17(34-20(26)19(24)25)21(31(2)30-18)32-10-13(9-29-32)12-5-6-15(23)14(8-12)16(33)7-11-3-4-11/h5-6,8-11H,3-4,7H2,1-2H3. The van der Waals surface area contributed by atoms with Crippen LogP contribution >= 0.6 is 11.6 Å². The van der Waals surface area contributed by atoms with Crippen molar-refractivity contribution in [2.75, 3.05) is 0 Å². The van der Waals surface area contributed by atoms with Crippen LogP contribution in [-0.4, -0.2) is 25.3 Å². The summed E-state index contributed by atoms with van der Waals surface area (Å²) in [5.74, 6) is -4.56. The average molecular weight is 501 g/mol. The van der Waals surface area contributed by atoms with Crippen molar-refractivity contribution in [3.63, 3.8) is 0 Å². The maximum Gasteiger partial charge on any atom is 0.344 e. The first kappa shape index (κ1) is 23.9. The van der Waals surface area contributed by atoms with Gasteiger partial charge in [-0.3, -0.25) is 4.79 Å². The Balaban J connectivity index is 1.74. The van der Waals surface area contributed by atoms with E-state index >= 15 is 0 Å². The van der Waals surface area contributed by atoms with E-state index in [2.05, 4.69) is 14.9 Å². The normalized spacial score (nSPS) is 13.8. The molecule has 0 N–H and O–H groups in total. The van der Waals surface area contributed by atoms with Gasteiger partial charge in [-0.2, -0.15) is 32.1 Å². The van der Waals surface area contributed by atoms with E-state index in [4.69, 9.17) is 11.6 Å². The summed E-state index contributed by atoms with van der Waals surface area (Å²) in [5, 5.41) is 7.99. The highest BCUT2D eigenvalue weighted by atomic mass is 35.5. The molecule has 1 aliphatic carbocycles. The molecule has 12 heteroatoms. The predicted molar refractivity (Wildman–Crippen MR) is 113 cm³/mol. The first-order chi connectivity index (χ1) is 16.0. The lowest BCUT2D eigenvalue weighted by Crippen LogP contribution is -2.10. The van der Waals surface area contributed by atoms with Gasteiger partial charge in [0.05, 0.1) is 11.2 Å². The fourth-order valence-electron chi connectivity index (χ4n) is 3.46. The number of Topliss-reactive ketones (excluding diaryl/α,β-unsaturated/α-hetero) is 1. The van der Waals surface area contributed by atoms with Gasteiger partial charge in [0.2, 0.25) is 5.75 Å². The second kappa shape index (κ2) is 8.86. The Labute approximate surface area is 195 Å². The summed E-state index contributed by atoms with van der Waals surface area (Å²) < 4.78 is 73.3. The number of nitrogens with zero attached hydrogens (tertiary/aromatic N) is 4. The molecule has 2 heterocycles. The van der Waals surface area contributed by atoms with E-state index in [0.29, 0.717) is 41.0 Å². The summed E-state index contributed by atoms with van der Waals surface area (Å²) in [6.45, 7) is 0.474. The SMILES string of the molecule is Cn1nc(C(C)(F)F)c(OC(F)=C(F)F)c1-n1cc(-c2ccc(Cl)c(C(=O)CC3CC3)c2)cn1. The Morgan fingerprint density at radius 1 is 1.24 bits per heavy atom. The van der Waals surface area contributed by atoms with Gasteiger partial charge < -0.3 is 4.74 Å². The molecule has 6 nitrogen and oxygen atoms in total. The lowest BCUT2D eigenvalue weighted by atomic mass is 10.0. The second-order valence-corrected chi connectivity index (χ2v) is 8.50. The minimum atomic E-state index is -3.62. The number of rotatable bonds is 8. The molecule has 2 aromatic heterocycles. The van der Waals surface area contributed by atoms with E-state index in [-0.39, 0.29) is 11.6 Å². The van der Waals surface area contributed by atoms with Crippen LogP contribution in [0.3, 0.4) is 0 Å². The number of aryl methyl sites for hydroxylation is 1. The zero-order valence-corrected chi connectivity index (χ0v) is 18.7. The third kappa shape index (κ3) is 4.84. The van der Waals surface area contributed by atoms with Crippen molar-refractivity contribution < 1.29 is 31.5 Å². The van der Waals surface area contributed by atoms with Gasteiger partial charge in [0, 0.05) is 37.7 Å². The number of carbonyl (C=O) groups excluding carboxylic acids is 1. The second-order valence-electron chi connectivity index (χ2n) is 8.09. The Hall–Kier alpha value is -3.21. The largest absolute Gasteiger partial charge is 0.421 e. The Bertz CT molecular complexity index is 1290. The average Bonchev–Trinajstić information content (AvgIpc) is 3.32. The van der Waals surface area contributed by atoms with E-state index in [9.17, 15) is 26.7 Å². The minimum absolute atomic E-state index is 0.0885. The molecule has 1 saturated carbocycles. The van der Waals surface area contributed by atoms with Crippen LogP contribution in [0, 0.1) is 5.92 Å². The van der Waals surface area contributed by atoms with E-state index in [1.807, 2.05) is 0 Å². The van der Waals surface area contributed by atoms with Gasteiger partial charge in [0.1, 0.15) is 0 Å². The summed E-state index contributed by atoms with van der Waals surface area (Å²) >= 11 is 6.20. The molecule has 3 aromatic rings. The molecule has 0 spiro atoms. The molecule has 0 radical (unpaired) electrons. The summed E-state index contributed by atoms with van der Waals surface area (Å²) in [7, 11) is 1.25. The maximum absolute atomic E-state index is 14.0. The quantitative estimate of drug-likeness (QED) is 0.203. The third-order valence-corrected chi connectivity index (χ3v) is 5.63. The Morgan fingerprint density at radius 2 is 1.94 bits per heavy atom. The third-order valence-electron chi connectivity index (χ3n) is 5.30. The van der Waals surface area contributed by atoms with E-state index in [0.717, 1.165) is 22.2 Å². The number of aromatic nitrogens is 4. The van der Waals surface area contributed by atoms with Crippen molar-refractivity contribution in [1.82, 2.24) is 19.6 Å². The van der Waals surface area contributed by atoms with Crippen LogP contribution in [0.25, 0.3) is 16.9 Å². The van der Waals surface area contributed by atoms with Crippen molar-refractivity contribution in [1.29, 1.82) is 0 Å². The number of halogens is 6. The Kier molecular flexibility index (Phi) is 6.24. The van der Waals surface area contributed by atoms with Gasteiger partial charge in [-0.25, -0.2) is 9.36 Å². The predicted octanol–water partition coefficient (Wildman–Crippen LogP) is 6.43. The van der Waals surface area contributed by atoms with Crippen LogP contribution in [0.4, 0.5) is 22.0 Å². The topological polar surface area (TPSA) is 61.9 Å². The van der Waals surface area contributed by atoms with Gasteiger partial charge in [-0.15, -0.1) is 0 Å². The molecule has 34 heavy (non-hydrogen) atoms. The van der Waals surface area contributed by atoms with Crippen molar-refractivity contribution >= 4 is 17.4 Å². The van der Waals surface area contributed by atoms with Gasteiger partial charge in [-0.05, 0) is 36.5 Å². The van der Waals surface area contributed by atoms with Gasteiger partial charge in [0.25, 0.3) is 5.92 Å². The van der Waals surface area contributed by atoms with Crippen LogP contribution in [-0.2, 0) is 13.0 Å². The molecule has 1 aliphatic rings. The van der Waals surface area contributed by atoms with Crippen molar-refractivity contribution in [3.8, 4) is 22.7 Å².